The van der Waals surface area contributed by atoms with Crippen molar-refractivity contribution < 1.29 is 14.6 Å². The average molecular weight is 327 g/mol. The van der Waals surface area contributed by atoms with Crippen molar-refractivity contribution in [2.45, 2.75) is 26.2 Å². The van der Waals surface area contributed by atoms with Crippen LogP contribution in [0.15, 0.2) is 33.5 Å². The molecule has 0 unspecified atom stereocenters. The molecule has 0 aliphatic carbocycles. The lowest BCUT2D eigenvalue weighted by molar-refractivity contribution is -0.120. The van der Waals surface area contributed by atoms with E-state index in [1.807, 2.05) is 31.7 Å². The monoisotopic (exact) mass is 327 g/mol. The summed E-state index contributed by atoms with van der Waals surface area (Å²) in [7, 11) is 0. The Kier molecular flexibility index (Phi) is 3.55. The van der Waals surface area contributed by atoms with Crippen LogP contribution in [0, 0.1) is 0 Å². The highest BCUT2D eigenvalue weighted by molar-refractivity contribution is 5.78. The van der Waals surface area contributed by atoms with E-state index in [-0.39, 0.29) is 5.56 Å². The molecule has 0 amide bonds. The molecule has 2 aromatic carbocycles. The lowest BCUT2D eigenvalue weighted by Gasteiger charge is -2.26. The van der Waals surface area contributed by atoms with E-state index < -0.39 is 22.0 Å². The number of carbonyl (C=O) groups excluding carboxylic acids is 1. The number of nitrogens with zero attached hydrogens (tertiary/aromatic N) is 1. The zero-order valence-electron chi connectivity index (χ0n) is 13.6. The van der Waals surface area contributed by atoms with Crippen LogP contribution in [0.5, 0.6) is 11.5 Å². The quantitative estimate of drug-likeness (QED) is 0.679. The Morgan fingerprint density at radius 1 is 1.25 bits per heavy atom. The van der Waals surface area contributed by atoms with Gasteiger partial charge in [0.15, 0.2) is 5.75 Å². The molecule has 3 rings (SSSR count). The third kappa shape index (κ3) is 2.06. The Labute approximate surface area is 138 Å². The van der Waals surface area contributed by atoms with Crippen molar-refractivity contribution in [3.8, 4) is 11.5 Å². The number of allylic oxidation sites excluding steroid dienone is 1. The average Bonchev–Trinajstić information content (AvgIpc) is 2.78. The van der Waals surface area contributed by atoms with Crippen LogP contribution < -0.4 is 20.5 Å². The Morgan fingerprint density at radius 3 is 2.54 bits per heavy atom. The second kappa shape index (κ2) is 5.33. The SMILES string of the molecule is CCN1/C(=C/c2c(O)c(=O)c2=O)C(C)(C)c2cc(OC=O)ccc21. The molecule has 1 aliphatic rings. The van der Waals surface area contributed by atoms with Gasteiger partial charge in [0.05, 0.1) is 5.56 Å². The van der Waals surface area contributed by atoms with Crippen molar-refractivity contribution in [1.29, 1.82) is 0 Å². The van der Waals surface area contributed by atoms with Crippen molar-refractivity contribution in [2.75, 3.05) is 11.4 Å². The minimum Gasteiger partial charge on any atom is -0.504 e. The molecular formula is C18H17NO5. The zero-order chi connectivity index (χ0) is 17.6. The van der Waals surface area contributed by atoms with Crippen molar-refractivity contribution in [3.63, 3.8) is 0 Å². The van der Waals surface area contributed by atoms with E-state index in [9.17, 15) is 19.5 Å². The minimum absolute atomic E-state index is 0.0405. The lowest BCUT2D eigenvalue weighted by atomic mass is 9.83. The maximum Gasteiger partial charge on any atom is 0.298 e. The van der Waals surface area contributed by atoms with Gasteiger partial charge in [-0.05, 0) is 36.8 Å². The van der Waals surface area contributed by atoms with Gasteiger partial charge >= 0.3 is 0 Å². The first kappa shape index (κ1) is 16.0. The summed E-state index contributed by atoms with van der Waals surface area (Å²) < 4.78 is 4.92. The number of hydrogen-bond donors (Lipinski definition) is 1. The zero-order valence-corrected chi connectivity index (χ0v) is 13.6. The lowest BCUT2D eigenvalue weighted by Crippen LogP contribution is -2.34. The highest BCUT2D eigenvalue weighted by Crippen LogP contribution is 2.49. The summed E-state index contributed by atoms with van der Waals surface area (Å²) in [5, 5.41) is 9.65. The number of benzene rings is 1. The van der Waals surface area contributed by atoms with Crippen molar-refractivity contribution in [2.24, 2.45) is 0 Å². The standard InChI is InChI=1S/C18H17NO5/c1-4-19-13-6-5-10(24-9-20)7-12(13)18(2,3)14(19)8-11-15(21)17(23)16(11)22/h5-9,21H,4H2,1-3H3/b14-8+. The molecule has 0 bridgehead atoms. The molecule has 124 valence electrons. The number of fused-ring (bicyclic) bond motifs is 1. The molecule has 1 aliphatic heterocycles. The van der Waals surface area contributed by atoms with E-state index >= 15 is 0 Å². The van der Waals surface area contributed by atoms with Crippen LogP contribution in [0.3, 0.4) is 0 Å². The number of likely N-dealkylation sites (N-methyl/N-ethyl adjacent to an activating group) is 1. The molecule has 0 saturated carbocycles. The number of hydrogen-bond acceptors (Lipinski definition) is 6. The van der Waals surface area contributed by atoms with Crippen LogP contribution in [0.2, 0.25) is 0 Å². The van der Waals surface area contributed by atoms with Crippen molar-refractivity contribution in [3.05, 3.63) is 55.5 Å². The number of aromatic hydroxyl groups is 1. The van der Waals surface area contributed by atoms with Crippen LogP contribution in [-0.4, -0.2) is 18.1 Å². The molecule has 24 heavy (non-hydrogen) atoms. The van der Waals surface area contributed by atoms with Gasteiger partial charge in [0, 0.05) is 23.3 Å². The highest BCUT2D eigenvalue weighted by atomic mass is 16.5. The summed E-state index contributed by atoms with van der Waals surface area (Å²) in [6.45, 7) is 6.93. The van der Waals surface area contributed by atoms with E-state index in [0.29, 0.717) is 18.8 Å². The second-order valence-electron chi connectivity index (χ2n) is 6.21. The molecule has 0 radical (unpaired) electrons. The van der Waals surface area contributed by atoms with E-state index in [0.717, 1.165) is 16.9 Å². The molecule has 0 fully saturated rings. The van der Waals surface area contributed by atoms with Crippen molar-refractivity contribution >= 4 is 18.2 Å². The molecule has 0 aromatic heterocycles. The summed E-state index contributed by atoms with van der Waals surface area (Å²) in [6.07, 6.45) is 1.57. The molecule has 6 nitrogen and oxygen atoms in total. The van der Waals surface area contributed by atoms with Crippen LogP contribution in [-0.2, 0) is 10.2 Å². The minimum atomic E-state index is -0.847. The molecule has 6 heteroatoms. The Hall–Kier alpha value is -2.89. The van der Waals surface area contributed by atoms with Gasteiger partial charge in [0.2, 0.25) is 5.43 Å². The summed E-state index contributed by atoms with van der Waals surface area (Å²) in [5.74, 6) is -0.0497. The third-order valence-electron chi connectivity index (χ3n) is 4.57. The van der Waals surface area contributed by atoms with Crippen LogP contribution >= 0.6 is 0 Å². The molecule has 1 heterocycles. The first-order chi connectivity index (χ1) is 11.3. The van der Waals surface area contributed by atoms with E-state index in [2.05, 4.69) is 0 Å². The number of rotatable bonds is 4. The van der Waals surface area contributed by atoms with Crippen LogP contribution in [0.4, 0.5) is 5.69 Å². The van der Waals surface area contributed by atoms with Gasteiger partial charge in [-0.25, -0.2) is 0 Å². The summed E-state index contributed by atoms with van der Waals surface area (Å²) >= 11 is 0. The fourth-order valence-corrected chi connectivity index (χ4v) is 3.25. The summed E-state index contributed by atoms with van der Waals surface area (Å²) in [6, 6.07) is 5.33. The Bertz CT molecular complexity index is 932. The van der Waals surface area contributed by atoms with E-state index in [4.69, 9.17) is 4.74 Å². The predicted molar refractivity (Wildman–Crippen MR) is 90.2 cm³/mol. The van der Waals surface area contributed by atoms with Gasteiger partial charge in [-0.1, -0.05) is 13.8 Å². The normalized spacial score (nSPS) is 17.3. The molecule has 0 atom stereocenters. The van der Waals surface area contributed by atoms with Crippen molar-refractivity contribution in [1.82, 2.24) is 0 Å². The molecule has 0 saturated heterocycles. The Balaban J connectivity index is 2.17. The predicted octanol–water partition coefficient (Wildman–Crippen LogP) is 1.68. The first-order valence-electron chi connectivity index (χ1n) is 7.59. The topological polar surface area (TPSA) is 83.9 Å². The molecule has 1 N–H and O–H groups in total. The van der Waals surface area contributed by atoms with E-state index in [1.165, 1.54) is 0 Å². The maximum atomic E-state index is 11.7. The largest absolute Gasteiger partial charge is 0.504 e. The first-order valence-corrected chi connectivity index (χ1v) is 7.59. The van der Waals surface area contributed by atoms with Gasteiger partial charge < -0.3 is 14.7 Å². The number of ether oxygens (including phenoxy) is 1. The van der Waals surface area contributed by atoms with Gasteiger partial charge in [-0.15, -0.1) is 0 Å². The summed E-state index contributed by atoms with van der Waals surface area (Å²) in [4.78, 5) is 35.5. The number of anilines is 1. The fourth-order valence-electron chi connectivity index (χ4n) is 3.25. The second-order valence-corrected chi connectivity index (χ2v) is 6.21. The highest BCUT2D eigenvalue weighted by Gasteiger charge is 2.40. The molecule has 2 aromatic rings. The van der Waals surface area contributed by atoms with Gasteiger partial charge in [0.1, 0.15) is 5.75 Å². The van der Waals surface area contributed by atoms with E-state index in [1.54, 1.807) is 18.2 Å². The summed E-state index contributed by atoms with van der Waals surface area (Å²) in [5.41, 5.74) is 0.704. The smallest absolute Gasteiger partial charge is 0.298 e. The third-order valence-corrected chi connectivity index (χ3v) is 4.57. The number of carbonyl (C=O) groups is 1. The van der Waals surface area contributed by atoms with Crippen LogP contribution in [0.25, 0.3) is 6.08 Å². The molecular weight excluding hydrogens is 310 g/mol. The van der Waals surface area contributed by atoms with Gasteiger partial charge in [-0.3, -0.25) is 14.4 Å². The maximum absolute atomic E-state index is 11.7. The Morgan fingerprint density at radius 2 is 1.96 bits per heavy atom. The van der Waals surface area contributed by atoms with Crippen LogP contribution in [0.1, 0.15) is 31.9 Å². The van der Waals surface area contributed by atoms with Gasteiger partial charge in [-0.2, -0.15) is 0 Å². The van der Waals surface area contributed by atoms with Gasteiger partial charge in [0.25, 0.3) is 11.9 Å². The fraction of sp³-hybridized carbons (Fsp3) is 0.278. The molecule has 0 spiro atoms.